The zero-order valence-corrected chi connectivity index (χ0v) is 12.9. The van der Waals surface area contributed by atoms with Crippen molar-refractivity contribution in [2.24, 2.45) is 5.73 Å². The van der Waals surface area contributed by atoms with E-state index >= 15 is 0 Å². The van der Waals surface area contributed by atoms with Crippen LogP contribution in [0.3, 0.4) is 0 Å². The van der Waals surface area contributed by atoms with Crippen LogP contribution in [0.25, 0.3) is 0 Å². The van der Waals surface area contributed by atoms with E-state index in [1.807, 2.05) is 24.3 Å². The Balaban J connectivity index is 2.38. The van der Waals surface area contributed by atoms with Gasteiger partial charge in [0.2, 0.25) is 0 Å². The van der Waals surface area contributed by atoms with Crippen molar-refractivity contribution >= 4 is 0 Å². The van der Waals surface area contributed by atoms with Crippen LogP contribution in [0.4, 0.5) is 0 Å². The average Bonchev–Trinajstić information content (AvgIpc) is 2.51. The van der Waals surface area contributed by atoms with Crippen LogP contribution in [-0.2, 0) is 6.54 Å². The predicted molar refractivity (Wildman–Crippen MR) is 84.3 cm³/mol. The van der Waals surface area contributed by atoms with Crippen molar-refractivity contribution in [3.05, 3.63) is 29.8 Å². The fraction of sp³-hybridized carbons (Fsp3) is 0.625. The number of rotatable bonds is 11. The Labute approximate surface area is 127 Å². The minimum absolute atomic E-state index is 0.107. The van der Waals surface area contributed by atoms with Gasteiger partial charge in [0.15, 0.2) is 0 Å². The molecule has 0 spiro atoms. The van der Waals surface area contributed by atoms with E-state index in [0.717, 1.165) is 30.7 Å². The minimum atomic E-state index is -0.574. The van der Waals surface area contributed by atoms with Gasteiger partial charge in [-0.05, 0) is 30.7 Å². The Bertz CT molecular complexity index is 388. The lowest BCUT2D eigenvalue weighted by molar-refractivity contribution is 0.0613. The van der Waals surface area contributed by atoms with Gasteiger partial charge in [-0.15, -0.1) is 0 Å². The van der Waals surface area contributed by atoms with Crippen molar-refractivity contribution < 1.29 is 14.9 Å². The van der Waals surface area contributed by atoms with E-state index < -0.39 is 6.10 Å². The molecule has 0 heterocycles. The van der Waals surface area contributed by atoms with Gasteiger partial charge in [0.25, 0.3) is 0 Å². The Kier molecular flexibility index (Phi) is 9.01. The van der Waals surface area contributed by atoms with Crippen molar-refractivity contribution in [2.75, 3.05) is 32.8 Å². The molecule has 0 bridgehead atoms. The van der Waals surface area contributed by atoms with Crippen LogP contribution < -0.4 is 10.5 Å². The summed E-state index contributed by atoms with van der Waals surface area (Å²) in [6, 6.07) is 7.57. The molecular weight excluding hydrogens is 268 g/mol. The van der Waals surface area contributed by atoms with Crippen LogP contribution >= 0.6 is 0 Å². The van der Waals surface area contributed by atoms with Gasteiger partial charge in [0.1, 0.15) is 18.5 Å². The first-order valence-electron chi connectivity index (χ1n) is 7.62. The van der Waals surface area contributed by atoms with Crippen molar-refractivity contribution in [1.29, 1.82) is 0 Å². The van der Waals surface area contributed by atoms with Gasteiger partial charge in [-0.1, -0.05) is 25.5 Å². The molecule has 0 radical (unpaired) electrons. The number of nitrogens with two attached hydrogens (primary N) is 1. The highest BCUT2D eigenvalue weighted by atomic mass is 16.5. The largest absolute Gasteiger partial charge is 0.491 e. The normalized spacial score (nSPS) is 12.6. The van der Waals surface area contributed by atoms with Gasteiger partial charge in [-0.3, -0.25) is 4.90 Å². The molecule has 1 atom stereocenters. The fourth-order valence-corrected chi connectivity index (χ4v) is 2.12. The standard InChI is InChI=1S/C16H28N2O3/c1-2-3-7-18(8-9-19)12-15(20)13-21-16-6-4-5-14(10-16)11-17/h4-6,10,15,19-20H,2-3,7-9,11-13,17H2,1H3. The van der Waals surface area contributed by atoms with Crippen LogP contribution in [0.5, 0.6) is 5.75 Å². The predicted octanol–water partition coefficient (Wildman–Crippen LogP) is 0.979. The topological polar surface area (TPSA) is 79.0 Å². The summed E-state index contributed by atoms with van der Waals surface area (Å²) in [5.74, 6) is 0.722. The van der Waals surface area contributed by atoms with E-state index in [2.05, 4.69) is 11.8 Å². The van der Waals surface area contributed by atoms with Crippen molar-refractivity contribution in [2.45, 2.75) is 32.4 Å². The monoisotopic (exact) mass is 296 g/mol. The van der Waals surface area contributed by atoms with E-state index in [9.17, 15) is 5.11 Å². The zero-order valence-electron chi connectivity index (χ0n) is 12.9. The first-order valence-corrected chi connectivity index (χ1v) is 7.62. The van der Waals surface area contributed by atoms with Gasteiger partial charge in [0, 0.05) is 19.6 Å². The van der Waals surface area contributed by atoms with E-state index in [0.29, 0.717) is 19.6 Å². The van der Waals surface area contributed by atoms with E-state index in [4.69, 9.17) is 15.6 Å². The van der Waals surface area contributed by atoms with Crippen LogP contribution in [0.2, 0.25) is 0 Å². The van der Waals surface area contributed by atoms with E-state index in [-0.39, 0.29) is 13.2 Å². The van der Waals surface area contributed by atoms with Crippen molar-refractivity contribution in [1.82, 2.24) is 4.90 Å². The number of aliphatic hydroxyl groups is 2. The van der Waals surface area contributed by atoms with Crippen LogP contribution in [0, 0.1) is 0 Å². The summed E-state index contributed by atoms with van der Waals surface area (Å²) in [4.78, 5) is 2.06. The second-order valence-electron chi connectivity index (χ2n) is 5.19. The number of aliphatic hydroxyl groups excluding tert-OH is 2. The molecule has 0 saturated heterocycles. The first-order chi connectivity index (χ1) is 10.2. The molecular formula is C16H28N2O3. The molecule has 4 N–H and O–H groups in total. The number of benzene rings is 1. The molecule has 21 heavy (non-hydrogen) atoms. The third kappa shape index (κ3) is 7.43. The van der Waals surface area contributed by atoms with Gasteiger partial charge >= 0.3 is 0 Å². The Hall–Kier alpha value is -1.14. The fourth-order valence-electron chi connectivity index (χ4n) is 2.12. The minimum Gasteiger partial charge on any atom is -0.491 e. The van der Waals surface area contributed by atoms with Crippen molar-refractivity contribution in [3.63, 3.8) is 0 Å². The zero-order chi connectivity index (χ0) is 15.5. The molecule has 0 aliphatic carbocycles. The highest BCUT2D eigenvalue weighted by Gasteiger charge is 2.12. The number of ether oxygens (including phenoxy) is 1. The molecule has 1 unspecified atom stereocenters. The van der Waals surface area contributed by atoms with Gasteiger partial charge in [-0.2, -0.15) is 0 Å². The van der Waals surface area contributed by atoms with E-state index in [1.165, 1.54) is 0 Å². The average molecular weight is 296 g/mol. The van der Waals surface area contributed by atoms with Gasteiger partial charge in [-0.25, -0.2) is 0 Å². The molecule has 5 heteroatoms. The van der Waals surface area contributed by atoms with Crippen molar-refractivity contribution in [3.8, 4) is 5.75 Å². The third-order valence-electron chi connectivity index (χ3n) is 3.29. The molecule has 5 nitrogen and oxygen atoms in total. The summed E-state index contributed by atoms with van der Waals surface area (Å²) in [7, 11) is 0. The lowest BCUT2D eigenvalue weighted by atomic mass is 10.2. The molecule has 1 rings (SSSR count). The van der Waals surface area contributed by atoms with Crippen LogP contribution in [0.15, 0.2) is 24.3 Å². The maximum atomic E-state index is 10.1. The second-order valence-corrected chi connectivity index (χ2v) is 5.19. The Morgan fingerprint density at radius 2 is 2.14 bits per heavy atom. The smallest absolute Gasteiger partial charge is 0.119 e. The molecule has 0 amide bonds. The molecule has 0 aliphatic heterocycles. The highest BCUT2D eigenvalue weighted by Crippen LogP contribution is 2.13. The lowest BCUT2D eigenvalue weighted by Gasteiger charge is -2.24. The number of hydrogen-bond donors (Lipinski definition) is 3. The van der Waals surface area contributed by atoms with Gasteiger partial charge < -0.3 is 20.7 Å². The summed E-state index contributed by atoms with van der Waals surface area (Å²) in [5, 5.41) is 19.1. The molecule has 0 aliphatic rings. The van der Waals surface area contributed by atoms with Gasteiger partial charge in [0.05, 0.1) is 6.61 Å². The number of unbranched alkanes of at least 4 members (excludes halogenated alkanes) is 1. The van der Waals surface area contributed by atoms with Crippen LogP contribution in [0.1, 0.15) is 25.3 Å². The Morgan fingerprint density at radius 3 is 2.81 bits per heavy atom. The first kappa shape index (κ1) is 17.9. The van der Waals surface area contributed by atoms with Crippen LogP contribution in [-0.4, -0.2) is 54.1 Å². The molecule has 1 aromatic rings. The summed E-state index contributed by atoms with van der Waals surface area (Å²) in [6.45, 7) is 4.92. The number of hydrogen-bond acceptors (Lipinski definition) is 5. The molecule has 120 valence electrons. The molecule has 1 aromatic carbocycles. The highest BCUT2D eigenvalue weighted by molar-refractivity contribution is 5.28. The second kappa shape index (κ2) is 10.6. The maximum absolute atomic E-state index is 10.1. The Morgan fingerprint density at radius 1 is 1.33 bits per heavy atom. The quantitative estimate of drug-likeness (QED) is 0.567. The van der Waals surface area contributed by atoms with E-state index in [1.54, 1.807) is 0 Å². The number of nitrogens with zero attached hydrogens (tertiary/aromatic N) is 1. The molecule has 0 aromatic heterocycles. The summed E-state index contributed by atoms with van der Waals surface area (Å²) >= 11 is 0. The SMILES string of the molecule is CCCCN(CCO)CC(O)COc1cccc(CN)c1. The molecule has 0 saturated carbocycles. The summed E-state index contributed by atoms with van der Waals surface area (Å²) in [6.07, 6.45) is 1.59. The third-order valence-corrected chi connectivity index (χ3v) is 3.29. The maximum Gasteiger partial charge on any atom is 0.119 e. The summed E-state index contributed by atoms with van der Waals surface area (Å²) in [5.41, 5.74) is 6.59. The molecule has 0 fully saturated rings. The summed E-state index contributed by atoms with van der Waals surface area (Å²) < 4.78 is 5.60. The lowest BCUT2D eigenvalue weighted by Crippen LogP contribution is -2.37.